The van der Waals surface area contributed by atoms with Gasteiger partial charge in [-0.25, -0.2) is 4.39 Å². The van der Waals surface area contributed by atoms with Crippen LogP contribution >= 0.6 is 0 Å². The number of carbonyl (C=O) groups is 1. The minimum absolute atomic E-state index is 0.160. The maximum atomic E-state index is 13.2. The zero-order valence-electron chi connectivity index (χ0n) is 12.5. The molecule has 116 valence electrons. The first-order chi connectivity index (χ1) is 10.5. The van der Waals surface area contributed by atoms with Crippen LogP contribution in [0.2, 0.25) is 0 Å². The molecule has 2 aromatic rings. The molecule has 0 heterocycles. The highest BCUT2D eigenvalue weighted by atomic mass is 32.2. The van der Waals surface area contributed by atoms with Crippen molar-refractivity contribution in [3.63, 3.8) is 0 Å². The van der Waals surface area contributed by atoms with E-state index in [9.17, 15) is 13.4 Å². The van der Waals surface area contributed by atoms with E-state index < -0.39 is 16.0 Å². The predicted molar refractivity (Wildman–Crippen MR) is 87.6 cm³/mol. The fraction of sp³-hybridized carbons (Fsp3) is 0.235. The number of para-hydroxylation sites is 1. The van der Waals surface area contributed by atoms with Crippen LogP contribution in [0.15, 0.2) is 54.6 Å². The average molecular weight is 319 g/mol. The fourth-order valence-corrected chi connectivity index (χ4v) is 3.22. The Labute approximate surface area is 132 Å². The number of hydrogen-bond donors (Lipinski definition) is 0. The minimum Gasteiger partial charge on any atom is -0.314 e. The van der Waals surface area contributed by atoms with Crippen LogP contribution in [-0.4, -0.2) is 22.4 Å². The molecular formula is C17H18FNO2S. The van der Waals surface area contributed by atoms with Gasteiger partial charge in [-0.05, 0) is 36.8 Å². The van der Waals surface area contributed by atoms with Gasteiger partial charge in [0, 0.05) is 29.3 Å². The molecule has 5 heteroatoms. The van der Waals surface area contributed by atoms with Crippen LogP contribution in [0.3, 0.4) is 0 Å². The summed E-state index contributed by atoms with van der Waals surface area (Å²) in [6, 6.07) is 15.2. The number of halogens is 1. The highest BCUT2D eigenvalue weighted by molar-refractivity contribution is 7.85. The second kappa shape index (κ2) is 7.31. The van der Waals surface area contributed by atoms with Gasteiger partial charge in [-0.2, -0.15) is 0 Å². The molecule has 2 aromatic carbocycles. The lowest BCUT2D eigenvalue weighted by Gasteiger charge is -2.21. The maximum Gasteiger partial charge on any atom is 0.242 e. The molecule has 0 spiro atoms. The number of rotatable bonds is 5. The summed E-state index contributed by atoms with van der Waals surface area (Å²) in [6.45, 7) is 1.64. The van der Waals surface area contributed by atoms with E-state index in [1.165, 1.54) is 17.0 Å². The molecule has 2 rings (SSSR count). The van der Waals surface area contributed by atoms with Crippen molar-refractivity contribution in [3.05, 3.63) is 66.0 Å². The molecule has 0 saturated heterocycles. The van der Waals surface area contributed by atoms with Crippen LogP contribution in [-0.2, 0) is 21.3 Å². The van der Waals surface area contributed by atoms with Crippen LogP contribution in [0.1, 0.15) is 12.5 Å². The van der Waals surface area contributed by atoms with Crippen molar-refractivity contribution in [3.8, 4) is 0 Å². The summed E-state index contributed by atoms with van der Waals surface area (Å²) < 4.78 is 25.5. The molecule has 0 saturated carbocycles. The van der Waals surface area contributed by atoms with E-state index in [0.717, 1.165) is 5.69 Å². The molecular weight excluding hydrogens is 301 g/mol. The summed E-state index contributed by atoms with van der Waals surface area (Å²) >= 11 is 0. The summed E-state index contributed by atoms with van der Waals surface area (Å²) in [6.07, 6.45) is 0. The van der Waals surface area contributed by atoms with Gasteiger partial charge in [-0.3, -0.25) is 9.00 Å². The molecule has 0 aromatic heterocycles. The summed E-state index contributed by atoms with van der Waals surface area (Å²) in [4.78, 5) is 13.9. The van der Waals surface area contributed by atoms with Crippen molar-refractivity contribution in [1.82, 2.24) is 0 Å². The van der Waals surface area contributed by atoms with E-state index in [1.54, 1.807) is 26.1 Å². The van der Waals surface area contributed by atoms with E-state index in [2.05, 4.69) is 0 Å². The Morgan fingerprint density at radius 1 is 1.18 bits per heavy atom. The van der Waals surface area contributed by atoms with E-state index >= 15 is 0 Å². The molecule has 1 amide bonds. The van der Waals surface area contributed by atoms with Gasteiger partial charge in [0.2, 0.25) is 5.91 Å². The molecule has 22 heavy (non-hydrogen) atoms. The highest BCUT2D eigenvalue weighted by Crippen LogP contribution is 2.16. The lowest BCUT2D eigenvalue weighted by Crippen LogP contribution is -2.37. The maximum absolute atomic E-state index is 13.2. The Balaban J connectivity index is 2.05. The van der Waals surface area contributed by atoms with E-state index in [-0.39, 0.29) is 17.5 Å². The molecule has 2 atom stereocenters. The van der Waals surface area contributed by atoms with Crippen molar-refractivity contribution in [2.45, 2.75) is 17.9 Å². The first kappa shape index (κ1) is 16.4. The average Bonchev–Trinajstić information content (AvgIpc) is 2.53. The summed E-state index contributed by atoms with van der Waals surface area (Å²) in [5, 5.41) is -0.659. The van der Waals surface area contributed by atoms with Crippen molar-refractivity contribution < 1.29 is 13.4 Å². The third-order valence-corrected chi connectivity index (χ3v) is 5.02. The molecule has 3 nitrogen and oxygen atoms in total. The molecule has 0 aliphatic carbocycles. The highest BCUT2D eigenvalue weighted by Gasteiger charge is 2.24. The van der Waals surface area contributed by atoms with Gasteiger partial charge in [0.1, 0.15) is 11.1 Å². The number of anilines is 1. The van der Waals surface area contributed by atoms with Gasteiger partial charge in [0.15, 0.2) is 0 Å². The topological polar surface area (TPSA) is 37.4 Å². The third-order valence-electron chi connectivity index (χ3n) is 3.41. The first-order valence-electron chi connectivity index (χ1n) is 6.93. The van der Waals surface area contributed by atoms with Gasteiger partial charge in [0.25, 0.3) is 0 Å². The Kier molecular flexibility index (Phi) is 5.44. The predicted octanol–water partition coefficient (Wildman–Crippen LogP) is 3.13. The Bertz CT molecular complexity index is 675. The standard InChI is InChI=1S/C17H18FNO2S/c1-13(17(20)19(2)16-9-4-3-5-10-16)22(21)12-14-7-6-8-15(18)11-14/h3-11,13H,12H2,1-2H3/t13-,22-/m0/s1. The quantitative estimate of drug-likeness (QED) is 0.849. The second-order valence-electron chi connectivity index (χ2n) is 5.03. The Morgan fingerprint density at radius 2 is 1.86 bits per heavy atom. The number of nitrogens with zero attached hydrogens (tertiary/aromatic N) is 1. The smallest absolute Gasteiger partial charge is 0.242 e. The van der Waals surface area contributed by atoms with Crippen LogP contribution in [0.4, 0.5) is 10.1 Å². The molecule has 0 radical (unpaired) electrons. The number of carbonyl (C=O) groups excluding carboxylic acids is 1. The number of hydrogen-bond acceptors (Lipinski definition) is 2. The lowest BCUT2D eigenvalue weighted by atomic mass is 10.2. The largest absolute Gasteiger partial charge is 0.314 e. The monoisotopic (exact) mass is 319 g/mol. The van der Waals surface area contributed by atoms with Gasteiger partial charge < -0.3 is 4.90 Å². The van der Waals surface area contributed by atoms with Gasteiger partial charge in [0.05, 0.1) is 0 Å². The normalized spacial score (nSPS) is 13.4. The number of amides is 1. The van der Waals surface area contributed by atoms with E-state index in [4.69, 9.17) is 0 Å². The first-order valence-corrected chi connectivity index (χ1v) is 8.31. The van der Waals surface area contributed by atoms with Gasteiger partial charge in [-0.15, -0.1) is 0 Å². The molecule has 0 unspecified atom stereocenters. The lowest BCUT2D eigenvalue weighted by molar-refractivity contribution is -0.117. The van der Waals surface area contributed by atoms with Crippen LogP contribution in [0.5, 0.6) is 0 Å². The minimum atomic E-state index is -1.41. The van der Waals surface area contributed by atoms with Crippen molar-refractivity contribution >= 4 is 22.4 Å². The molecule has 0 N–H and O–H groups in total. The van der Waals surface area contributed by atoms with Crippen LogP contribution in [0, 0.1) is 5.82 Å². The van der Waals surface area contributed by atoms with E-state index in [1.807, 2.05) is 30.3 Å². The Hall–Kier alpha value is -2.01. The molecule has 0 aliphatic heterocycles. The SMILES string of the molecule is C[C@@H](C(=O)N(C)c1ccccc1)[S@@](=O)Cc1cccc(F)c1. The zero-order valence-corrected chi connectivity index (χ0v) is 13.3. The molecule has 0 fully saturated rings. The summed E-state index contributed by atoms with van der Waals surface area (Å²) in [7, 11) is 0.254. The molecule has 0 aliphatic rings. The summed E-state index contributed by atoms with van der Waals surface area (Å²) in [5.41, 5.74) is 1.38. The van der Waals surface area contributed by atoms with Crippen LogP contribution in [0.25, 0.3) is 0 Å². The van der Waals surface area contributed by atoms with Crippen molar-refractivity contribution in [1.29, 1.82) is 0 Å². The fourth-order valence-electron chi connectivity index (χ4n) is 2.08. The summed E-state index contributed by atoms with van der Waals surface area (Å²) in [5.74, 6) is -0.427. The molecule has 0 bridgehead atoms. The third kappa shape index (κ3) is 4.01. The zero-order chi connectivity index (χ0) is 16.1. The van der Waals surface area contributed by atoms with Gasteiger partial charge in [-0.1, -0.05) is 30.3 Å². The van der Waals surface area contributed by atoms with Gasteiger partial charge >= 0.3 is 0 Å². The van der Waals surface area contributed by atoms with E-state index in [0.29, 0.717) is 5.56 Å². The van der Waals surface area contributed by atoms with Crippen molar-refractivity contribution in [2.24, 2.45) is 0 Å². The van der Waals surface area contributed by atoms with Crippen molar-refractivity contribution in [2.75, 3.05) is 11.9 Å². The van der Waals surface area contributed by atoms with Crippen LogP contribution < -0.4 is 4.90 Å². The Morgan fingerprint density at radius 3 is 2.50 bits per heavy atom. The second-order valence-corrected chi connectivity index (χ2v) is 6.79. The number of benzene rings is 2.